The number of hydrogen-bond acceptors (Lipinski definition) is 4. The van der Waals surface area contributed by atoms with Gasteiger partial charge in [-0.3, -0.25) is 4.90 Å². The topological polar surface area (TPSA) is 33.7 Å². The van der Waals surface area contributed by atoms with Gasteiger partial charge < -0.3 is 14.8 Å². The van der Waals surface area contributed by atoms with Gasteiger partial charge in [0.2, 0.25) is 0 Å². The minimum Gasteiger partial charge on any atom is -0.383 e. The van der Waals surface area contributed by atoms with E-state index < -0.39 is 0 Å². The Morgan fingerprint density at radius 1 is 1.07 bits per heavy atom. The lowest BCUT2D eigenvalue weighted by Gasteiger charge is -2.32. The van der Waals surface area contributed by atoms with E-state index in [4.69, 9.17) is 9.47 Å². The van der Waals surface area contributed by atoms with Crippen molar-refractivity contribution in [1.29, 1.82) is 0 Å². The Kier molecular flexibility index (Phi) is 7.96. The summed E-state index contributed by atoms with van der Waals surface area (Å²) in [7, 11) is 5.46. The summed E-state index contributed by atoms with van der Waals surface area (Å²) in [6.07, 6.45) is 0. The Balaban J connectivity index is 3.98. The highest BCUT2D eigenvalue weighted by Gasteiger charge is 2.18. The number of rotatable bonds is 9. The molecule has 0 saturated carbocycles. The molecule has 0 bridgehead atoms. The van der Waals surface area contributed by atoms with E-state index in [0.29, 0.717) is 0 Å². The average Bonchev–Trinajstić information content (AvgIpc) is 2.22. The first kappa shape index (κ1) is 14.8. The number of likely N-dealkylation sites (N-methyl/N-ethyl adjacent to an activating group) is 1. The van der Waals surface area contributed by atoms with Crippen molar-refractivity contribution in [2.24, 2.45) is 0 Å². The molecule has 0 spiro atoms. The van der Waals surface area contributed by atoms with Crippen LogP contribution in [0.15, 0.2) is 0 Å². The lowest BCUT2D eigenvalue weighted by atomic mass is 10.1. The molecule has 0 atom stereocenters. The average molecular weight is 218 g/mol. The highest BCUT2D eigenvalue weighted by molar-refractivity contribution is 4.80. The van der Waals surface area contributed by atoms with E-state index >= 15 is 0 Å². The van der Waals surface area contributed by atoms with Crippen molar-refractivity contribution < 1.29 is 9.47 Å². The van der Waals surface area contributed by atoms with Crippen molar-refractivity contribution >= 4 is 0 Å². The molecule has 0 radical (unpaired) electrons. The molecule has 0 aromatic rings. The number of hydrogen-bond donors (Lipinski definition) is 1. The first-order valence-electron chi connectivity index (χ1n) is 5.45. The Labute approximate surface area is 93.9 Å². The molecule has 0 aliphatic carbocycles. The van der Waals surface area contributed by atoms with Crippen LogP contribution in [0.4, 0.5) is 0 Å². The molecular formula is C11H26N2O2. The fourth-order valence-corrected chi connectivity index (χ4v) is 1.35. The molecule has 0 rings (SSSR count). The van der Waals surface area contributed by atoms with Crippen LogP contribution in [0.5, 0.6) is 0 Å². The molecule has 0 saturated heterocycles. The first-order valence-corrected chi connectivity index (χ1v) is 5.45. The maximum absolute atomic E-state index is 5.10. The largest absolute Gasteiger partial charge is 0.383 e. The smallest absolute Gasteiger partial charge is 0.0589 e. The molecule has 4 heteroatoms. The third-order valence-electron chi connectivity index (χ3n) is 2.52. The molecular weight excluding hydrogens is 192 g/mol. The Bertz CT molecular complexity index is 144. The second kappa shape index (κ2) is 8.05. The van der Waals surface area contributed by atoms with Gasteiger partial charge in [0.25, 0.3) is 0 Å². The van der Waals surface area contributed by atoms with Crippen molar-refractivity contribution in [3.05, 3.63) is 0 Å². The highest BCUT2D eigenvalue weighted by atomic mass is 16.5. The molecule has 0 unspecified atom stereocenters. The van der Waals surface area contributed by atoms with Gasteiger partial charge in [-0.25, -0.2) is 0 Å². The van der Waals surface area contributed by atoms with Crippen LogP contribution in [0.25, 0.3) is 0 Å². The van der Waals surface area contributed by atoms with E-state index in [1.165, 1.54) is 0 Å². The van der Waals surface area contributed by atoms with Crippen LogP contribution in [-0.4, -0.2) is 64.6 Å². The van der Waals surface area contributed by atoms with Crippen molar-refractivity contribution in [2.45, 2.75) is 19.4 Å². The second-order valence-electron chi connectivity index (χ2n) is 4.40. The standard InChI is InChI=1S/C11H26N2O2/c1-11(2,12-3)10-13(6-8-14-4)7-9-15-5/h12H,6-10H2,1-5H3. The molecule has 1 N–H and O–H groups in total. The maximum atomic E-state index is 5.10. The number of ether oxygens (including phenoxy) is 2. The molecule has 4 nitrogen and oxygen atoms in total. The predicted octanol–water partition coefficient (Wildman–Crippen LogP) is 0.579. The van der Waals surface area contributed by atoms with Crippen LogP contribution in [0.1, 0.15) is 13.8 Å². The third-order valence-corrected chi connectivity index (χ3v) is 2.52. The normalized spacial score (nSPS) is 12.4. The Hall–Kier alpha value is -0.160. The van der Waals surface area contributed by atoms with Crippen LogP contribution in [0, 0.1) is 0 Å². The summed E-state index contributed by atoms with van der Waals surface area (Å²) in [5, 5.41) is 3.30. The molecule has 0 heterocycles. The molecule has 0 aliphatic rings. The molecule has 0 aliphatic heterocycles. The van der Waals surface area contributed by atoms with Crippen LogP contribution >= 0.6 is 0 Å². The molecule has 0 aromatic carbocycles. The third kappa shape index (κ3) is 7.73. The van der Waals surface area contributed by atoms with Gasteiger partial charge in [0, 0.05) is 39.4 Å². The van der Waals surface area contributed by atoms with Crippen LogP contribution in [0.3, 0.4) is 0 Å². The number of nitrogens with one attached hydrogen (secondary N) is 1. The van der Waals surface area contributed by atoms with E-state index in [1.807, 2.05) is 7.05 Å². The summed E-state index contributed by atoms with van der Waals surface area (Å²) >= 11 is 0. The molecule has 92 valence electrons. The highest BCUT2D eigenvalue weighted by Crippen LogP contribution is 2.04. The van der Waals surface area contributed by atoms with Crippen molar-refractivity contribution in [2.75, 3.05) is 54.1 Å². The van der Waals surface area contributed by atoms with E-state index in [0.717, 1.165) is 32.8 Å². The molecule has 15 heavy (non-hydrogen) atoms. The molecule has 0 amide bonds. The van der Waals surface area contributed by atoms with Gasteiger partial charge in [-0.05, 0) is 20.9 Å². The zero-order valence-electron chi connectivity index (χ0n) is 10.8. The summed E-state index contributed by atoms with van der Waals surface area (Å²) in [6.45, 7) is 8.82. The van der Waals surface area contributed by atoms with Crippen LogP contribution in [0.2, 0.25) is 0 Å². The fourth-order valence-electron chi connectivity index (χ4n) is 1.35. The van der Waals surface area contributed by atoms with Gasteiger partial charge in [-0.2, -0.15) is 0 Å². The lowest BCUT2D eigenvalue weighted by Crippen LogP contribution is -2.49. The summed E-state index contributed by atoms with van der Waals surface area (Å²) in [5.74, 6) is 0. The Morgan fingerprint density at radius 3 is 1.87 bits per heavy atom. The summed E-state index contributed by atoms with van der Waals surface area (Å²) < 4.78 is 10.2. The number of methoxy groups -OCH3 is 2. The van der Waals surface area contributed by atoms with Gasteiger partial charge in [0.15, 0.2) is 0 Å². The van der Waals surface area contributed by atoms with Gasteiger partial charge in [0.05, 0.1) is 13.2 Å². The first-order chi connectivity index (χ1) is 7.05. The van der Waals surface area contributed by atoms with Crippen molar-refractivity contribution in [3.63, 3.8) is 0 Å². The van der Waals surface area contributed by atoms with Gasteiger partial charge in [0.1, 0.15) is 0 Å². The lowest BCUT2D eigenvalue weighted by molar-refractivity contribution is 0.0986. The van der Waals surface area contributed by atoms with Gasteiger partial charge in [-0.15, -0.1) is 0 Å². The summed E-state index contributed by atoms with van der Waals surface area (Å²) in [4.78, 5) is 2.35. The summed E-state index contributed by atoms with van der Waals surface area (Å²) in [5.41, 5.74) is 0.126. The number of nitrogens with zero attached hydrogens (tertiary/aromatic N) is 1. The zero-order valence-corrected chi connectivity index (χ0v) is 10.8. The van der Waals surface area contributed by atoms with Gasteiger partial charge >= 0.3 is 0 Å². The maximum Gasteiger partial charge on any atom is 0.0589 e. The van der Waals surface area contributed by atoms with Gasteiger partial charge in [-0.1, -0.05) is 0 Å². The minimum absolute atomic E-state index is 0.126. The monoisotopic (exact) mass is 218 g/mol. The van der Waals surface area contributed by atoms with E-state index in [2.05, 4.69) is 24.1 Å². The second-order valence-corrected chi connectivity index (χ2v) is 4.40. The van der Waals surface area contributed by atoms with Crippen molar-refractivity contribution in [3.8, 4) is 0 Å². The quantitative estimate of drug-likeness (QED) is 0.614. The van der Waals surface area contributed by atoms with Crippen LogP contribution in [-0.2, 0) is 9.47 Å². The molecule has 0 fully saturated rings. The van der Waals surface area contributed by atoms with E-state index in [1.54, 1.807) is 14.2 Å². The van der Waals surface area contributed by atoms with Crippen LogP contribution < -0.4 is 5.32 Å². The SMILES string of the molecule is CNC(C)(C)CN(CCOC)CCOC. The summed E-state index contributed by atoms with van der Waals surface area (Å²) in [6, 6.07) is 0. The predicted molar refractivity (Wildman–Crippen MR) is 63.3 cm³/mol. The fraction of sp³-hybridized carbons (Fsp3) is 1.00. The van der Waals surface area contributed by atoms with E-state index in [9.17, 15) is 0 Å². The zero-order chi connectivity index (χ0) is 11.7. The Morgan fingerprint density at radius 2 is 1.53 bits per heavy atom. The van der Waals surface area contributed by atoms with Crippen molar-refractivity contribution in [1.82, 2.24) is 10.2 Å². The van der Waals surface area contributed by atoms with E-state index in [-0.39, 0.29) is 5.54 Å². The molecule has 0 aromatic heterocycles. The minimum atomic E-state index is 0.126.